The average molecular weight is 310 g/mol. The molecule has 0 bridgehead atoms. The molecule has 5 heteroatoms. The molecule has 17 heavy (non-hydrogen) atoms. The summed E-state index contributed by atoms with van der Waals surface area (Å²) >= 11 is 2.66. The lowest BCUT2D eigenvalue weighted by Crippen LogP contribution is -2.35. The first-order valence-electron chi connectivity index (χ1n) is 5.24. The molecule has 1 aromatic carbocycles. The highest BCUT2D eigenvalue weighted by Crippen LogP contribution is 2.27. The molecular weight excluding hydrogens is 295 g/mol. The molecule has 0 aromatic heterocycles. The molecule has 0 spiro atoms. The fraction of sp³-hybridized carbons (Fsp3) is 0.500. The smallest absolute Gasteiger partial charge is 0.301 e. The van der Waals surface area contributed by atoms with Crippen LogP contribution in [0.5, 0.6) is 0 Å². The topological polar surface area (TPSA) is 3.24 Å². The fourth-order valence-electron chi connectivity index (χ4n) is 1.45. The normalized spacial score (nSPS) is 14.1. The third kappa shape index (κ3) is 5.08. The van der Waals surface area contributed by atoms with Gasteiger partial charge in [-0.25, -0.2) is 0 Å². The largest absolute Gasteiger partial charge is 0.402 e. The van der Waals surface area contributed by atoms with Gasteiger partial charge in [-0.1, -0.05) is 45.8 Å². The SMILES string of the molecule is Cc1ccc(CN(C)CC(Br)C(F)(F)F)cc1. The highest BCUT2D eigenvalue weighted by molar-refractivity contribution is 9.09. The van der Waals surface area contributed by atoms with Crippen molar-refractivity contribution in [2.45, 2.75) is 24.5 Å². The van der Waals surface area contributed by atoms with Crippen LogP contribution in [0, 0.1) is 6.92 Å². The Bertz CT molecular complexity index is 348. The minimum Gasteiger partial charge on any atom is -0.301 e. The van der Waals surface area contributed by atoms with Crippen molar-refractivity contribution >= 4 is 15.9 Å². The molecule has 0 amide bonds. The maximum absolute atomic E-state index is 12.3. The van der Waals surface area contributed by atoms with Crippen LogP contribution in [0.15, 0.2) is 24.3 Å². The first-order valence-corrected chi connectivity index (χ1v) is 6.15. The molecule has 0 fully saturated rings. The number of aryl methyl sites for hydroxylation is 1. The molecular formula is C12H15BrF3N. The Morgan fingerprint density at radius 3 is 2.24 bits per heavy atom. The van der Waals surface area contributed by atoms with E-state index in [9.17, 15) is 13.2 Å². The first kappa shape index (κ1) is 14.5. The van der Waals surface area contributed by atoms with Gasteiger partial charge in [-0.2, -0.15) is 13.2 Å². The third-order valence-corrected chi connectivity index (χ3v) is 3.21. The Morgan fingerprint density at radius 1 is 1.24 bits per heavy atom. The summed E-state index contributed by atoms with van der Waals surface area (Å²) < 4.78 is 37.0. The molecule has 0 saturated heterocycles. The van der Waals surface area contributed by atoms with Gasteiger partial charge in [0.25, 0.3) is 0 Å². The Labute approximate surface area is 108 Å². The third-order valence-electron chi connectivity index (χ3n) is 2.40. The fourth-order valence-corrected chi connectivity index (χ4v) is 1.94. The van der Waals surface area contributed by atoms with E-state index in [1.165, 1.54) is 0 Å². The van der Waals surface area contributed by atoms with Crippen molar-refractivity contribution < 1.29 is 13.2 Å². The monoisotopic (exact) mass is 309 g/mol. The first-order chi connectivity index (χ1) is 7.79. The summed E-state index contributed by atoms with van der Waals surface area (Å²) in [5.74, 6) is 0. The second-order valence-corrected chi connectivity index (χ2v) is 5.30. The summed E-state index contributed by atoms with van der Waals surface area (Å²) in [4.78, 5) is 0.169. The summed E-state index contributed by atoms with van der Waals surface area (Å²) in [5, 5.41) is 0. The molecule has 1 nitrogen and oxygen atoms in total. The molecule has 96 valence electrons. The van der Waals surface area contributed by atoms with Crippen LogP contribution in [0.1, 0.15) is 11.1 Å². The predicted molar refractivity (Wildman–Crippen MR) is 66.3 cm³/mol. The van der Waals surface area contributed by atoms with Gasteiger partial charge >= 0.3 is 6.18 Å². The Hall–Kier alpha value is -0.550. The van der Waals surface area contributed by atoms with Gasteiger partial charge in [0.2, 0.25) is 0 Å². The van der Waals surface area contributed by atoms with Crippen LogP contribution in [0.3, 0.4) is 0 Å². The highest BCUT2D eigenvalue weighted by atomic mass is 79.9. The zero-order valence-corrected chi connectivity index (χ0v) is 11.3. The van der Waals surface area contributed by atoms with Gasteiger partial charge in [-0.15, -0.1) is 0 Å². The van der Waals surface area contributed by atoms with Gasteiger partial charge in [-0.3, -0.25) is 0 Å². The van der Waals surface area contributed by atoms with Crippen molar-refractivity contribution in [3.8, 4) is 0 Å². The van der Waals surface area contributed by atoms with E-state index in [0.717, 1.165) is 11.1 Å². The molecule has 0 N–H and O–H groups in total. The minimum atomic E-state index is -4.19. The van der Waals surface area contributed by atoms with Crippen molar-refractivity contribution in [3.63, 3.8) is 0 Å². The molecule has 1 atom stereocenters. The van der Waals surface area contributed by atoms with Crippen molar-refractivity contribution in [3.05, 3.63) is 35.4 Å². The van der Waals surface area contributed by atoms with Crippen molar-refractivity contribution in [2.75, 3.05) is 13.6 Å². The van der Waals surface area contributed by atoms with Crippen LogP contribution in [-0.2, 0) is 6.54 Å². The Morgan fingerprint density at radius 2 is 1.76 bits per heavy atom. The van der Waals surface area contributed by atoms with Crippen molar-refractivity contribution in [2.24, 2.45) is 0 Å². The van der Waals surface area contributed by atoms with E-state index in [2.05, 4.69) is 15.9 Å². The van der Waals surface area contributed by atoms with Gasteiger partial charge in [0.05, 0.1) is 0 Å². The zero-order chi connectivity index (χ0) is 13.1. The molecule has 1 unspecified atom stereocenters. The number of nitrogens with zero attached hydrogens (tertiary/aromatic N) is 1. The number of rotatable bonds is 4. The number of hydrogen-bond donors (Lipinski definition) is 0. The van der Waals surface area contributed by atoms with E-state index in [0.29, 0.717) is 6.54 Å². The summed E-state index contributed by atoms with van der Waals surface area (Å²) in [7, 11) is 1.68. The molecule has 1 rings (SSSR count). The van der Waals surface area contributed by atoms with Crippen LogP contribution in [0.2, 0.25) is 0 Å². The Kier molecular flexibility index (Phi) is 5.01. The van der Waals surface area contributed by atoms with Crippen LogP contribution in [-0.4, -0.2) is 29.5 Å². The minimum absolute atomic E-state index is 0.0582. The number of hydrogen-bond acceptors (Lipinski definition) is 1. The van der Waals surface area contributed by atoms with Crippen LogP contribution >= 0.6 is 15.9 Å². The second-order valence-electron chi connectivity index (χ2n) is 4.19. The predicted octanol–water partition coefficient (Wildman–Crippen LogP) is 3.75. The molecule has 0 aliphatic heterocycles. The Balaban J connectivity index is 2.50. The number of benzene rings is 1. The van der Waals surface area contributed by atoms with E-state index < -0.39 is 11.0 Å². The lowest BCUT2D eigenvalue weighted by molar-refractivity contribution is -0.130. The zero-order valence-electron chi connectivity index (χ0n) is 9.76. The van der Waals surface area contributed by atoms with E-state index in [1.54, 1.807) is 11.9 Å². The summed E-state index contributed by atoms with van der Waals surface area (Å²) in [5.41, 5.74) is 2.16. The van der Waals surface area contributed by atoms with Gasteiger partial charge in [-0.05, 0) is 19.5 Å². The van der Waals surface area contributed by atoms with E-state index in [-0.39, 0.29) is 6.54 Å². The second kappa shape index (κ2) is 5.87. The molecule has 1 aromatic rings. The lowest BCUT2D eigenvalue weighted by atomic mass is 10.1. The summed E-state index contributed by atoms with van der Waals surface area (Å²) in [6.07, 6.45) is -4.19. The van der Waals surface area contributed by atoms with Crippen LogP contribution < -0.4 is 0 Å². The quantitative estimate of drug-likeness (QED) is 0.766. The van der Waals surface area contributed by atoms with Gasteiger partial charge in [0.15, 0.2) is 0 Å². The number of halogens is 4. The van der Waals surface area contributed by atoms with Crippen molar-refractivity contribution in [1.29, 1.82) is 0 Å². The highest BCUT2D eigenvalue weighted by Gasteiger charge is 2.38. The molecule has 0 aliphatic carbocycles. The van der Waals surface area contributed by atoms with Crippen LogP contribution in [0.4, 0.5) is 13.2 Å². The summed E-state index contributed by atoms with van der Waals surface area (Å²) in [6, 6.07) is 7.78. The molecule has 0 radical (unpaired) electrons. The van der Waals surface area contributed by atoms with E-state index in [1.807, 2.05) is 31.2 Å². The van der Waals surface area contributed by atoms with Crippen LogP contribution in [0.25, 0.3) is 0 Å². The van der Waals surface area contributed by atoms with Gasteiger partial charge in [0.1, 0.15) is 4.83 Å². The van der Waals surface area contributed by atoms with Gasteiger partial charge in [0, 0.05) is 13.1 Å². The maximum atomic E-state index is 12.3. The average Bonchev–Trinajstić information content (AvgIpc) is 2.20. The van der Waals surface area contributed by atoms with Crippen molar-refractivity contribution in [1.82, 2.24) is 4.90 Å². The summed E-state index contributed by atoms with van der Waals surface area (Å²) in [6.45, 7) is 2.43. The van der Waals surface area contributed by atoms with E-state index in [4.69, 9.17) is 0 Å². The maximum Gasteiger partial charge on any atom is 0.402 e. The van der Waals surface area contributed by atoms with Gasteiger partial charge < -0.3 is 4.90 Å². The number of alkyl halides is 4. The molecule has 0 heterocycles. The molecule has 0 aliphatic rings. The lowest BCUT2D eigenvalue weighted by Gasteiger charge is -2.22. The standard InChI is InChI=1S/C12H15BrF3N/c1-9-3-5-10(6-4-9)7-17(2)8-11(13)12(14,15)16/h3-6,11H,7-8H2,1-2H3. The van der Waals surface area contributed by atoms with E-state index >= 15 is 0 Å². The molecule has 0 saturated carbocycles.